The van der Waals surface area contributed by atoms with Gasteiger partial charge in [-0.1, -0.05) is 17.7 Å². The molecule has 2 unspecified atom stereocenters. The molecular formula is C9H10ClFO2S. The van der Waals surface area contributed by atoms with E-state index in [0.29, 0.717) is 0 Å². The number of hydrogen-bond acceptors (Lipinski definition) is 3. The molecule has 14 heavy (non-hydrogen) atoms. The molecule has 0 spiro atoms. The second kappa shape index (κ2) is 4.98. The van der Waals surface area contributed by atoms with Crippen molar-refractivity contribution in [1.29, 1.82) is 0 Å². The number of hydrogen-bond donors (Lipinski definition) is 3. The largest absolute Gasteiger partial charge is 0.389 e. The van der Waals surface area contributed by atoms with Crippen LogP contribution in [0, 0.1) is 5.82 Å². The van der Waals surface area contributed by atoms with Gasteiger partial charge in [-0.15, -0.1) is 0 Å². The summed E-state index contributed by atoms with van der Waals surface area (Å²) in [6.45, 7) is 0. The van der Waals surface area contributed by atoms with Gasteiger partial charge >= 0.3 is 0 Å². The Morgan fingerprint density at radius 1 is 1.43 bits per heavy atom. The first-order valence-corrected chi connectivity index (χ1v) is 4.99. The number of aliphatic hydroxyl groups excluding tert-OH is 2. The summed E-state index contributed by atoms with van der Waals surface area (Å²) in [7, 11) is 0. The summed E-state index contributed by atoms with van der Waals surface area (Å²) in [6.07, 6.45) is -2.15. The third-order valence-corrected chi connectivity index (χ3v) is 2.52. The zero-order valence-electron chi connectivity index (χ0n) is 7.19. The fourth-order valence-electron chi connectivity index (χ4n) is 1.02. The Labute approximate surface area is 91.7 Å². The van der Waals surface area contributed by atoms with Gasteiger partial charge in [0.2, 0.25) is 0 Å². The van der Waals surface area contributed by atoms with Crippen molar-refractivity contribution in [2.24, 2.45) is 0 Å². The molecule has 0 aliphatic rings. The SMILES string of the molecule is OC(CS)C(O)c1ccc(Cl)c(F)c1. The first-order chi connectivity index (χ1) is 6.56. The molecule has 0 aliphatic carbocycles. The Hall–Kier alpha value is -0.290. The molecular weight excluding hydrogens is 227 g/mol. The Morgan fingerprint density at radius 3 is 2.57 bits per heavy atom. The van der Waals surface area contributed by atoms with E-state index in [2.05, 4.69) is 12.6 Å². The predicted octanol–water partition coefficient (Wildman–Crippen LogP) is 1.80. The highest BCUT2D eigenvalue weighted by Gasteiger charge is 2.17. The summed E-state index contributed by atoms with van der Waals surface area (Å²) >= 11 is 9.29. The molecule has 78 valence electrons. The van der Waals surface area contributed by atoms with E-state index in [4.69, 9.17) is 11.6 Å². The highest BCUT2D eigenvalue weighted by molar-refractivity contribution is 7.80. The molecule has 5 heteroatoms. The van der Waals surface area contributed by atoms with E-state index in [1.807, 2.05) is 0 Å². The maximum absolute atomic E-state index is 13.0. The Bertz CT molecular complexity index is 322. The lowest BCUT2D eigenvalue weighted by atomic mass is 10.1. The van der Waals surface area contributed by atoms with Crippen molar-refractivity contribution in [2.45, 2.75) is 12.2 Å². The number of halogens is 2. The minimum absolute atomic E-state index is 0.0127. The van der Waals surface area contributed by atoms with Crippen molar-refractivity contribution in [2.75, 3.05) is 5.75 Å². The molecule has 0 heterocycles. The van der Waals surface area contributed by atoms with E-state index in [0.717, 1.165) is 6.07 Å². The minimum Gasteiger partial charge on any atom is -0.389 e. The van der Waals surface area contributed by atoms with Gasteiger partial charge in [0.1, 0.15) is 11.9 Å². The van der Waals surface area contributed by atoms with Crippen molar-refractivity contribution in [3.63, 3.8) is 0 Å². The van der Waals surface area contributed by atoms with Crippen LogP contribution in [0.3, 0.4) is 0 Å². The molecule has 2 atom stereocenters. The van der Waals surface area contributed by atoms with Crippen LogP contribution in [0.4, 0.5) is 4.39 Å². The number of rotatable bonds is 3. The molecule has 2 N–H and O–H groups in total. The first-order valence-electron chi connectivity index (χ1n) is 3.98. The lowest BCUT2D eigenvalue weighted by Gasteiger charge is -2.16. The molecule has 0 amide bonds. The Morgan fingerprint density at radius 2 is 2.07 bits per heavy atom. The molecule has 0 saturated heterocycles. The standard InChI is InChI=1S/C9H10ClFO2S/c10-6-2-1-5(3-7(6)11)9(13)8(12)4-14/h1-3,8-9,12-14H,4H2. The monoisotopic (exact) mass is 236 g/mol. The molecule has 0 aromatic heterocycles. The van der Waals surface area contributed by atoms with Gasteiger partial charge < -0.3 is 10.2 Å². The zero-order chi connectivity index (χ0) is 10.7. The van der Waals surface area contributed by atoms with E-state index < -0.39 is 18.0 Å². The van der Waals surface area contributed by atoms with Crippen LogP contribution in [-0.4, -0.2) is 22.1 Å². The topological polar surface area (TPSA) is 40.5 Å². The molecule has 2 nitrogen and oxygen atoms in total. The third-order valence-electron chi connectivity index (χ3n) is 1.84. The quantitative estimate of drug-likeness (QED) is 0.701. The first kappa shape index (κ1) is 11.8. The molecule has 1 rings (SSSR count). The normalized spacial score (nSPS) is 15.2. The zero-order valence-corrected chi connectivity index (χ0v) is 8.84. The van der Waals surface area contributed by atoms with Gasteiger partial charge in [0.15, 0.2) is 0 Å². The van der Waals surface area contributed by atoms with E-state index in [9.17, 15) is 14.6 Å². The second-order valence-corrected chi connectivity index (χ2v) is 3.64. The smallest absolute Gasteiger partial charge is 0.142 e. The molecule has 0 bridgehead atoms. The number of aliphatic hydroxyl groups is 2. The van der Waals surface area contributed by atoms with Crippen LogP contribution in [0.1, 0.15) is 11.7 Å². The Balaban J connectivity index is 2.91. The number of benzene rings is 1. The minimum atomic E-state index is -1.14. The number of thiol groups is 1. The van der Waals surface area contributed by atoms with Crippen molar-refractivity contribution >= 4 is 24.2 Å². The fourth-order valence-corrected chi connectivity index (χ4v) is 1.34. The molecule has 0 saturated carbocycles. The van der Waals surface area contributed by atoms with Crippen LogP contribution < -0.4 is 0 Å². The molecule has 1 aromatic carbocycles. The van der Waals surface area contributed by atoms with Crippen LogP contribution in [0.2, 0.25) is 5.02 Å². The highest BCUT2D eigenvalue weighted by atomic mass is 35.5. The lowest BCUT2D eigenvalue weighted by molar-refractivity contribution is 0.0336. The lowest BCUT2D eigenvalue weighted by Crippen LogP contribution is -2.19. The predicted molar refractivity (Wildman–Crippen MR) is 56.2 cm³/mol. The summed E-state index contributed by atoms with van der Waals surface area (Å²) < 4.78 is 13.0. The van der Waals surface area contributed by atoms with Crippen molar-refractivity contribution < 1.29 is 14.6 Å². The van der Waals surface area contributed by atoms with E-state index >= 15 is 0 Å². The van der Waals surface area contributed by atoms with E-state index in [1.165, 1.54) is 12.1 Å². The molecule has 0 radical (unpaired) electrons. The maximum Gasteiger partial charge on any atom is 0.142 e. The summed E-state index contributed by atoms with van der Waals surface area (Å²) in [5, 5.41) is 18.7. The summed E-state index contributed by atoms with van der Waals surface area (Å²) in [6, 6.07) is 3.89. The average Bonchev–Trinajstić information content (AvgIpc) is 2.20. The average molecular weight is 237 g/mol. The molecule has 0 aliphatic heterocycles. The van der Waals surface area contributed by atoms with Gasteiger partial charge in [0.05, 0.1) is 11.1 Å². The molecule has 1 aromatic rings. The summed E-state index contributed by atoms with van der Waals surface area (Å²) in [5.74, 6) is -0.514. The summed E-state index contributed by atoms with van der Waals surface area (Å²) in [5.41, 5.74) is 0.286. The van der Waals surface area contributed by atoms with Crippen LogP contribution in [0.15, 0.2) is 18.2 Å². The van der Waals surface area contributed by atoms with Gasteiger partial charge in [-0.05, 0) is 17.7 Å². The Kier molecular flexibility index (Phi) is 4.19. The van der Waals surface area contributed by atoms with Gasteiger partial charge in [0, 0.05) is 5.75 Å². The second-order valence-electron chi connectivity index (χ2n) is 2.87. The van der Waals surface area contributed by atoms with Gasteiger partial charge in [0.25, 0.3) is 0 Å². The van der Waals surface area contributed by atoms with Crippen LogP contribution in [-0.2, 0) is 0 Å². The van der Waals surface area contributed by atoms with Crippen LogP contribution in [0.25, 0.3) is 0 Å². The van der Waals surface area contributed by atoms with Gasteiger partial charge in [-0.3, -0.25) is 0 Å². The fraction of sp³-hybridized carbons (Fsp3) is 0.333. The van der Waals surface area contributed by atoms with E-state index in [1.54, 1.807) is 0 Å². The van der Waals surface area contributed by atoms with Gasteiger partial charge in [-0.2, -0.15) is 12.6 Å². The third kappa shape index (κ3) is 2.60. The van der Waals surface area contributed by atoms with E-state index in [-0.39, 0.29) is 16.3 Å². The van der Waals surface area contributed by atoms with Crippen LogP contribution >= 0.6 is 24.2 Å². The van der Waals surface area contributed by atoms with Gasteiger partial charge in [-0.25, -0.2) is 4.39 Å². The van der Waals surface area contributed by atoms with Crippen molar-refractivity contribution in [3.05, 3.63) is 34.6 Å². The highest BCUT2D eigenvalue weighted by Crippen LogP contribution is 2.22. The summed E-state index contributed by atoms with van der Waals surface area (Å²) in [4.78, 5) is 0. The van der Waals surface area contributed by atoms with Crippen molar-refractivity contribution in [1.82, 2.24) is 0 Å². The molecule has 0 fully saturated rings. The van der Waals surface area contributed by atoms with Crippen LogP contribution in [0.5, 0.6) is 0 Å². The van der Waals surface area contributed by atoms with Crippen molar-refractivity contribution in [3.8, 4) is 0 Å². The maximum atomic E-state index is 13.0.